The van der Waals surface area contributed by atoms with Gasteiger partial charge in [0.2, 0.25) is 0 Å². The molecule has 1 amide bonds. The van der Waals surface area contributed by atoms with Crippen LogP contribution in [0.5, 0.6) is 5.75 Å². The third kappa shape index (κ3) is 5.50. The molecule has 0 atom stereocenters. The lowest BCUT2D eigenvalue weighted by molar-refractivity contribution is -0.118. The molecule has 0 aliphatic heterocycles. The minimum atomic E-state index is -3.69. The van der Waals surface area contributed by atoms with Crippen molar-refractivity contribution in [1.82, 2.24) is 0 Å². The molecule has 0 aliphatic carbocycles. The van der Waals surface area contributed by atoms with Crippen molar-refractivity contribution in [3.63, 3.8) is 0 Å². The molecular formula is C22H20Cl2N2O4S. The highest BCUT2D eigenvalue weighted by Gasteiger charge is 2.21. The average Bonchev–Trinajstić information content (AvgIpc) is 2.75. The number of nitrogens with one attached hydrogen (secondary N) is 1. The van der Waals surface area contributed by atoms with Gasteiger partial charge in [-0.2, -0.15) is 0 Å². The Labute approximate surface area is 191 Å². The molecule has 31 heavy (non-hydrogen) atoms. The third-order valence-corrected chi connectivity index (χ3v) is 6.91. The maximum absolute atomic E-state index is 12.8. The molecular weight excluding hydrogens is 459 g/mol. The second-order valence-electron chi connectivity index (χ2n) is 6.71. The molecule has 3 rings (SSSR count). The van der Waals surface area contributed by atoms with Crippen LogP contribution in [0.3, 0.4) is 0 Å². The number of hydrogen-bond acceptors (Lipinski definition) is 4. The topological polar surface area (TPSA) is 75.7 Å². The maximum Gasteiger partial charge on any atom is 0.264 e. The standard InChI is InChI=1S/C22H20Cl2N2O4S/c1-15-6-12-18(13-7-15)31(28,29)26(2)16-8-10-17(11-9-16)30-14-21(27)25-22-19(23)4-3-5-20(22)24/h3-13H,14H2,1-2H3,(H,25,27). The number of carbonyl (C=O) groups is 1. The lowest BCUT2D eigenvalue weighted by atomic mass is 10.2. The van der Waals surface area contributed by atoms with Gasteiger partial charge in [0.05, 0.1) is 26.3 Å². The highest BCUT2D eigenvalue weighted by atomic mass is 35.5. The number of aryl methyl sites for hydroxylation is 1. The number of para-hydroxylation sites is 1. The highest BCUT2D eigenvalue weighted by Crippen LogP contribution is 2.30. The van der Waals surface area contributed by atoms with E-state index in [4.69, 9.17) is 27.9 Å². The van der Waals surface area contributed by atoms with Gasteiger partial charge in [0.15, 0.2) is 6.61 Å². The van der Waals surface area contributed by atoms with Gasteiger partial charge in [-0.25, -0.2) is 8.42 Å². The van der Waals surface area contributed by atoms with E-state index in [9.17, 15) is 13.2 Å². The summed E-state index contributed by atoms with van der Waals surface area (Å²) in [5, 5.41) is 3.25. The fraction of sp³-hybridized carbons (Fsp3) is 0.136. The van der Waals surface area contributed by atoms with Crippen molar-refractivity contribution >= 4 is 50.5 Å². The molecule has 0 saturated carbocycles. The van der Waals surface area contributed by atoms with Gasteiger partial charge in [-0.3, -0.25) is 9.10 Å². The predicted molar refractivity (Wildman–Crippen MR) is 124 cm³/mol. The SMILES string of the molecule is Cc1ccc(S(=O)(=O)N(C)c2ccc(OCC(=O)Nc3c(Cl)cccc3Cl)cc2)cc1. The van der Waals surface area contributed by atoms with Crippen LogP contribution in [-0.4, -0.2) is 28.0 Å². The van der Waals surface area contributed by atoms with Crippen molar-refractivity contribution in [2.75, 3.05) is 23.3 Å². The number of ether oxygens (including phenoxy) is 1. The van der Waals surface area contributed by atoms with Crippen LogP contribution in [0.4, 0.5) is 11.4 Å². The zero-order valence-corrected chi connectivity index (χ0v) is 19.1. The van der Waals surface area contributed by atoms with E-state index < -0.39 is 15.9 Å². The Morgan fingerprint density at radius 1 is 0.968 bits per heavy atom. The molecule has 3 aromatic rings. The van der Waals surface area contributed by atoms with Crippen LogP contribution in [0.2, 0.25) is 10.0 Å². The number of nitrogens with zero attached hydrogens (tertiary/aromatic N) is 1. The normalized spacial score (nSPS) is 11.1. The van der Waals surface area contributed by atoms with E-state index in [0.717, 1.165) is 5.56 Å². The summed E-state index contributed by atoms with van der Waals surface area (Å²) in [5.74, 6) is -0.0246. The quantitative estimate of drug-likeness (QED) is 0.509. The number of sulfonamides is 1. The summed E-state index contributed by atoms with van der Waals surface area (Å²) in [7, 11) is -2.21. The molecule has 0 bridgehead atoms. The van der Waals surface area contributed by atoms with Crippen LogP contribution in [0.15, 0.2) is 71.6 Å². The first kappa shape index (κ1) is 22.9. The zero-order valence-electron chi connectivity index (χ0n) is 16.8. The first-order valence-corrected chi connectivity index (χ1v) is 11.4. The molecule has 0 spiro atoms. The number of halogens is 2. The lowest BCUT2D eigenvalue weighted by Gasteiger charge is -2.20. The Kier molecular flexibility index (Phi) is 7.10. The van der Waals surface area contributed by atoms with E-state index >= 15 is 0 Å². The molecule has 162 valence electrons. The Bertz CT molecular complexity index is 1160. The molecule has 0 unspecified atom stereocenters. The number of hydrogen-bond donors (Lipinski definition) is 1. The number of amides is 1. The van der Waals surface area contributed by atoms with Crippen molar-refractivity contribution < 1.29 is 17.9 Å². The van der Waals surface area contributed by atoms with Gasteiger partial charge in [0, 0.05) is 7.05 Å². The van der Waals surface area contributed by atoms with Crippen LogP contribution in [0.1, 0.15) is 5.56 Å². The Balaban J connectivity index is 1.63. The van der Waals surface area contributed by atoms with Crippen molar-refractivity contribution in [2.45, 2.75) is 11.8 Å². The molecule has 6 nitrogen and oxygen atoms in total. The van der Waals surface area contributed by atoms with E-state index in [1.54, 1.807) is 66.7 Å². The molecule has 9 heteroatoms. The van der Waals surface area contributed by atoms with Gasteiger partial charge in [0.25, 0.3) is 15.9 Å². The van der Waals surface area contributed by atoms with Crippen LogP contribution in [-0.2, 0) is 14.8 Å². The first-order chi connectivity index (χ1) is 14.7. The maximum atomic E-state index is 12.8. The molecule has 0 aliphatic rings. The summed E-state index contributed by atoms with van der Waals surface area (Å²) in [6.45, 7) is 1.63. The molecule has 1 N–H and O–H groups in total. The minimum absolute atomic E-state index is 0.204. The van der Waals surface area contributed by atoms with Crippen molar-refractivity contribution in [3.8, 4) is 5.75 Å². The summed E-state index contributed by atoms with van der Waals surface area (Å²) < 4.78 is 32.2. The van der Waals surface area contributed by atoms with Crippen molar-refractivity contribution in [1.29, 1.82) is 0 Å². The highest BCUT2D eigenvalue weighted by molar-refractivity contribution is 7.92. The zero-order chi connectivity index (χ0) is 22.6. The second-order valence-corrected chi connectivity index (χ2v) is 9.50. The smallest absolute Gasteiger partial charge is 0.264 e. The summed E-state index contributed by atoms with van der Waals surface area (Å²) in [6.07, 6.45) is 0. The second kappa shape index (κ2) is 9.60. The number of anilines is 2. The largest absolute Gasteiger partial charge is 0.484 e. The number of rotatable bonds is 7. The van der Waals surface area contributed by atoms with Gasteiger partial charge >= 0.3 is 0 Å². The molecule has 3 aromatic carbocycles. The van der Waals surface area contributed by atoms with Crippen LogP contribution in [0.25, 0.3) is 0 Å². The molecule has 0 aromatic heterocycles. The summed E-state index contributed by atoms with van der Waals surface area (Å²) >= 11 is 12.1. The van der Waals surface area contributed by atoms with Gasteiger partial charge in [-0.05, 0) is 55.5 Å². The fourth-order valence-electron chi connectivity index (χ4n) is 2.70. The summed E-state index contributed by atoms with van der Waals surface area (Å²) in [6, 6.07) is 17.9. The Morgan fingerprint density at radius 3 is 2.13 bits per heavy atom. The lowest BCUT2D eigenvalue weighted by Crippen LogP contribution is -2.26. The molecule has 0 radical (unpaired) electrons. The first-order valence-electron chi connectivity index (χ1n) is 9.21. The van der Waals surface area contributed by atoms with E-state index in [-0.39, 0.29) is 11.5 Å². The van der Waals surface area contributed by atoms with Crippen molar-refractivity contribution in [2.24, 2.45) is 0 Å². The van der Waals surface area contributed by atoms with Crippen LogP contribution >= 0.6 is 23.2 Å². The van der Waals surface area contributed by atoms with Gasteiger partial charge in [-0.15, -0.1) is 0 Å². The van der Waals surface area contributed by atoms with Crippen LogP contribution < -0.4 is 14.4 Å². The monoisotopic (exact) mass is 478 g/mol. The third-order valence-electron chi connectivity index (χ3n) is 4.48. The molecule has 0 fully saturated rings. The fourth-order valence-corrected chi connectivity index (χ4v) is 4.39. The van der Waals surface area contributed by atoms with E-state index in [1.165, 1.54) is 11.4 Å². The molecule has 0 heterocycles. The van der Waals surface area contributed by atoms with Crippen LogP contribution in [0, 0.1) is 6.92 Å². The Morgan fingerprint density at radius 2 is 1.55 bits per heavy atom. The number of carbonyl (C=O) groups excluding carboxylic acids is 1. The minimum Gasteiger partial charge on any atom is -0.484 e. The Hall–Kier alpha value is -2.74. The molecule has 0 saturated heterocycles. The summed E-state index contributed by atoms with van der Waals surface area (Å²) in [4.78, 5) is 12.3. The van der Waals surface area contributed by atoms with E-state index in [2.05, 4.69) is 5.32 Å². The van der Waals surface area contributed by atoms with Gasteiger partial charge < -0.3 is 10.1 Å². The van der Waals surface area contributed by atoms with E-state index in [0.29, 0.717) is 27.2 Å². The summed E-state index contributed by atoms with van der Waals surface area (Å²) in [5.41, 5.74) is 1.75. The van der Waals surface area contributed by atoms with Gasteiger partial charge in [-0.1, -0.05) is 47.0 Å². The van der Waals surface area contributed by atoms with Crippen molar-refractivity contribution in [3.05, 3.63) is 82.3 Å². The van der Waals surface area contributed by atoms with E-state index in [1.807, 2.05) is 6.92 Å². The average molecular weight is 479 g/mol. The number of benzene rings is 3. The van der Waals surface area contributed by atoms with Gasteiger partial charge in [0.1, 0.15) is 5.75 Å². The predicted octanol–water partition coefficient (Wildman–Crippen LogP) is 5.14.